The molecule has 0 aliphatic heterocycles. The Kier molecular flexibility index (Phi) is 5.31. The molecule has 4 heteroatoms. The molecule has 2 aromatic carbocycles. The summed E-state index contributed by atoms with van der Waals surface area (Å²) in [5, 5.41) is 4.08. The SMILES string of the molecule is C/C(=N\NC(=O)COc1cc(C)ccc1C)c1ccccc1. The molecule has 0 saturated carbocycles. The Morgan fingerprint density at radius 2 is 1.86 bits per heavy atom. The molecule has 0 bridgehead atoms. The summed E-state index contributed by atoms with van der Waals surface area (Å²) in [6.45, 7) is 5.72. The highest BCUT2D eigenvalue weighted by atomic mass is 16.5. The first kappa shape index (κ1) is 15.8. The van der Waals surface area contributed by atoms with E-state index in [1.54, 1.807) is 0 Å². The van der Waals surface area contributed by atoms with Gasteiger partial charge in [-0.25, -0.2) is 5.43 Å². The van der Waals surface area contributed by atoms with Gasteiger partial charge in [0.1, 0.15) is 5.75 Å². The zero-order valence-electron chi connectivity index (χ0n) is 13.1. The Bertz CT molecular complexity index is 679. The number of hydrazone groups is 1. The number of nitrogens with zero attached hydrogens (tertiary/aromatic N) is 1. The number of amides is 1. The predicted octanol–water partition coefficient (Wildman–Crippen LogP) is 3.22. The second-order valence-electron chi connectivity index (χ2n) is 5.16. The number of rotatable bonds is 5. The van der Waals surface area contributed by atoms with Crippen LogP contribution < -0.4 is 10.2 Å². The minimum Gasteiger partial charge on any atom is -0.483 e. The van der Waals surface area contributed by atoms with Crippen LogP contribution >= 0.6 is 0 Å². The van der Waals surface area contributed by atoms with Gasteiger partial charge in [-0.2, -0.15) is 5.10 Å². The molecule has 22 heavy (non-hydrogen) atoms. The van der Waals surface area contributed by atoms with Gasteiger partial charge in [-0.1, -0.05) is 42.5 Å². The van der Waals surface area contributed by atoms with E-state index in [2.05, 4.69) is 10.5 Å². The van der Waals surface area contributed by atoms with Crippen LogP contribution in [0.4, 0.5) is 0 Å². The second-order valence-corrected chi connectivity index (χ2v) is 5.16. The lowest BCUT2D eigenvalue weighted by molar-refractivity contribution is -0.123. The van der Waals surface area contributed by atoms with Crippen LogP contribution in [0.25, 0.3) is 0 Å². The van der Waals surface area contributed by atoms with Crippen LogP contribution in [0.5, 0.6) is 5.75 Å². The summed E-state index contributed by atoms with van der Waals surface area (Å²) in [5.41, 5.74) is 6.33. The van der Waals surface area contributed by atoms with Crippen molar-refractivity contribution in [2.75, 3.05) is 6.61 Å². The summed E-state index contributed by atoms with van der Waals surface area (Å²) < 4.78 is 5.54. The van der Waals surface area contributed by atoms with Crippen molar-refractivity contribution in [3.63, 3.8) is 0 Å². The molecule has 1 amide bonds. The molecule has 4 nitrogen and oxygen atoms in total. The van der Waals surface area contributed by atoms with Crippen LogP contribution in [0, 0.1) is 13.8 Å². The van der Waals surface area contributed by atoms with Crippen molar-refractivity contribution in [2.24, 2.45) is 5.10 Å². The van der Waals surface area contributed by atoms with Crippen LogP contribution in [0.1, 0.15) is 23.6 Å². The molecule has 0 heterocycles. The van der Waals surface area contributed by atoms with Gasteiger partial charge in [0, 0.05) is 0 Å². The lowest BCUT2D eigenvalue weighted by atomic mass is 10.1. The smallest absolute Gasteiger partial charge is 0.277 e. The highest BCUT2D eigenvalue weighted by Crippen LogP contribution is 2.18. The topological polar surface area (TPSA) is 50.7 Å². The summed E-state index contributed by atoms with van der Waals surface area (Å²) in [6.07, 6.45) is 0. The summed E-state index contributed by atoms with van der Waals surface area (Å²) in [4.78, 5) is 11.8. The molecule has 0 saturated heterocycles. The van der Waals surface area contributed by atoms with Crippen LogP contribution in [-0.2, 0) is 4.79 Å². The molecule has 0 aliphatic rings. The molecule has 2 rings (SSSR count). The van der Waals surface area contributed by atoms with E-state index in [0.717, 1.165) is 28.2 Å². The minimum absolute atomic E-state index is 0.0597. The standard InChI is InChI=1S/C18H20N2O2/c1-13-9-10-14(2)17(11-13)22-12-18(21)20-19-15(3)16-7-5-4-6-8-16/h4-11H,12H2,1-3H3,(H,20,21)/b19-15+. The maximum atomic E-state index is 11.8. The maximum absolute atomic E-state index is 11.8. The average molecular weight is 296 g/mol. The molecule has 1 N–H and O–H groups in total. The number of hydrogen-bond acceptors (Lipinski definition) is 3. The number of carbonyl (C=O) groups excluding carboxylic acids is 1. The molecular weight excluding hydrogens is 276 g/mol. The van der Waals surface area contributed by atoms with Crippen LogP contribution in [0.15, 0.2) is 53.6 Å². The fraction of sp³-hybridized carbons (Fsp3) is 0.222. The van der Waals surface area contributed by atoms with Gasteiger partial charge >= 0.3 is 0 Å². The van der Waals surface area contributed by atoms with E-state index in [1.165, 1.54) is 0 Å². The molecule has 114 valence electrons. The van der Waals surface area contributed by atoms with E-state index < -0.39 is 0 Å². The molecule has 0 unspecified atom stereocenters. The van der Waals surface area contributed by atoms with E-state index in [-0.39, 0.29) is 12.5 Å². The Balaban J connectivity index is 1.89. The Morgan fingerprint density at radius 1 is 1.14 bits per heavy atom. The van der Waals surface area contributed by atoms with E-state index >= 15 is 0 Å². The minimum atomic E-state index is -0.281. The zero-order valence-corrected chi connectivity index (χ0v) is 13.1. The van der Waals surface area contributed by atoms with E-state index in [1.807, 2.05) is 69.3 Å². The molecule has 0 radical (unpaired) electrons. The molecule has 0 spiro atoms. The van der Waals surface area contributed by atoms with Gasteiger partial charge < -0.3 is 4.74 Å². The fourth-order valence-corrected chi connectivity index (χ4v) is 1.93. The van der Waals surface area contributed by atoms with Gasteiger partial charge in [0.25, 0.3) is 5.91 Å². The van der Waals surface area contributed by atoms with Crippen molar-refractivity contribution >= 4 is 11.6 Å². The Hall–Kier alpha value is -2.62. The highest BCUT2D eigenvalue weighted by Gasteiger charge is 2.05. The third-order valence-corrected chi connectivity index (χ3v) is 3.24. The van der Waals surface area contributed by atoms with Crippen molar-refractivity contribution < 1.29 is 9.53 Å². The number of ether oxygens (including phenoxy) is 1. The first-order valence-corrected chi connectivity index (χ1v) is 7.15. The first-order chi connectivity index (χ1) is 10.6. The largest absolute Gasteiger partial charge is 0.483 e. The van der Waals surface area contributed by atoms with Crippen LogP contribution in [-0.4, -0.2) is 18.2 Å². The quantitative estimate of drug-likeness (QED) is 0.680. The molecule has 2 aromatic rings. The fourth-order valence-electron chi connectivity index (χ4n) is 1.93. The van der Waals surface area contributed by atoms with Gasteiger partial charge in [0.05, 0.1) is 5.71 Å². The highest BCUT2D eigenvalue weighted by molar-refractivity contribution is 5.99. The molecule has 0 aromatic heterocycles. The lowest BCUT2D eigenvalue weighted by Gasteiger charge is -2.09. The van der Waals surface area contributed by atoms with Crippen molar-refractivity contribution in [3.8, 4) is 5.75 Å². The third-order valence-electron chi connectivity index (χ3n) is 3.24. The molecule has 0 aliphatic carbocycles. The number of aryl methyl sites for hydroxylation is 2. The Morgan fingerprint density at radius 3 is 2.59 bits per heavy atom. The van der Waals surface area contributed by atoms with Gasteiger partial charge in [0.2, 0.25) is 0 Å². The number of carbonyl (C=O) groups is 1. The van der Waals surface area contributed by atoms with Crippen molar-refractivity contribution in [2.45, 2.75) is 20.8 Å². The number of hydrogen-bond donors (Lipinski definition) is 1. The van der Waals surface area contributed by atoms with Crippen LogP contribution in [0.3, 0.4) is 0 Å². The van der Waals surface area contributed by atoms with Gasteiger partial charge in [-0.15, -0.1) is 0 Å². The van der Waals surface area contributed by atoms with Crippen molar-refractivity contribution in [1.82, 2.24) is 5.43 Å². The van der Waals surface area contributed by atoms with Gasteiger partial charge in [-0.3, -0.25) is 4.79 Å². The van der Waals surface area contributed by atoms with E-state index in [0.29, 0.717) is 0 Å². The normalized spacial score (nSPS) is 11.1. The first-order valence-electron chi connectivity index (χ1n) is 7.15. The summed E-state index contributed by atoms with van der Waals surface area (Å²) in [6, 6.07) is 15.6. The van der Waals surface area contributed by atoms with Gasteiger partial charge in [-0.05, 0) is 43.5 Å². The molecule has 0 fully saturated rings. The predicted molar refractivity (Wildman–Crippen MR) is 88.2 cm³/mol. The molecular formula is C18H20N2O2. The number of nitrogens with one attached hydrogen (secondary N) is 1. The maximum Gasteiger partial charge on any atom is 0.277 e. The Labute approximate surface area is 130 Å². The van der Waals surface area contributed by atoms with Crippen LogP contribution in [0.2, 0.25) is 0 Å². The van der Waals surface area contributed by atoms with E-state index in [9.17, 15) is 4.79 Å². The second kappa shape index (κ2) is 7.41. The lowest BCUT2D eigenvalue weighted by Crippen LogP contribution is -2.25. The van der Waals surface area contributed by atoms with Crippen molar-refractivity contribution in [1.29, 1.82) is 0 Å². The molecule has 0 atom stereocenters. The van der Waals surface area contributed by atoms with Gasteiger partial charge in [0.15, 0.2) is 6.61 Å². The number of benzene rings is 2. The van der Waals surface area contributed by atoms with Crippen molar-refractivity contribution in [3.05, 3.63) is 65.2 Å². The zero-order chi connectivity index (χ0) is 15.9. The average Bonchev–Trinajstić information content (AvgIpc) is 2.54. The summed E-state index contributed by atoms with van der Waals surface area (Å²) in [5.74, 6) is 0.440. The summed E-state index contributed by atoms with van der Waals surface area (Å²) in [7, 11) is 0. The van der Waals surface area contributed by atoms with E-state index in [4.69, 9.17) is 4.74 Å². The summed E-state index contributed by atoms with van der Waals surface area (Å²) >= 11 is 0. The monoisotopic (exact) mass is 296 g/mol. The third kappa shape index (κ3) is 4.45.